The summed E-state index contributed by atoms with van der Waals surface area (Å²) >= 11 is 0. The van der Waals surface area contributed by atoms with Crippen LogP contribution in [-0.2, 0) is 0 Å². The molecule has 0 aromatic heterocycles. The average Bonchev–Trinajstić information content (AvgIpc) is 2.39. The number of methoxy groups -OCH3 is 1. The van der Waals surface area contributed by atoms with Crippen molar-refractivity contribution in [1.82, 2.24) is 10.2 Å². The van der Waals surface area contributed by atoms with Crippen LogP contribution in [0.25, 0.3) is 0 Å². The molecule has 1 N–H and O–H groups in total. The Morgan fingerprint density at radius 2 is 1.70 bits per heavy atom. The number of halogens is 4. The van der Waals surface area contributed by atoms with Crippen molar-refractivity contribution in [2.75, 3.05) is 33.3 Å². The van der Waals surface area contributed by atoms with E-state index in [-0.39, 0.29) is 18.0 Å². The van der Waals surface area contributed by atoms with Gasteiger partial charge in [0.25, 0.3) is 0 Å². The normalized spacial score (nSPS) is 18.2. The SMILES string of the molecule is COc1ccc([C@H](N2CCNCC2)C(F)(F)F)cc1.Cl. The Morgan fingerprint density at radius 3 is 2.15 bits per heavy atom. The molecule has 20 heavy (non-hydrogen) atoms. The molecule has 1 heterocycles. The van der Waals surface area contributed by atoms with E-state index in [9.17, 15) is 13.2 Å². The Bertz CT molecular complexity index is 405. The molecule has 1 aliphatic heterocycles. The van der Waals surface area contributed by atoms with E-state index < -0.39 is 12.2 Å². The van der Waals surface area contributed by atoms with Crippen LogP contribution < -0.4 is 10.1 Å². The second-order valence-electron chi connectivity index (χ2n) is 4.50. The van der Waals surface area contributed by atoms with Gasteiger partial charge in [-0.25, -0.2) is 0 Å². The molecule has 0 amide bonds. The van der Waals surface area contributed by atoms with Crippen molar-refractivity contribution in [3.8, 4) is 5.75 Å². The van der Waals surface area contributed by atoms with E-state index >= 15 is 0 Å². The quantitative estimate of drug-likeness (QED) is 0.929. The van der Waals surface area contributed by atoms with E-state index in [1.807, 2.05) is 0 Å². The maximum atomic E-state index is 13.3. The molecular formula is C13H18ClF3N2O. The number of benzene rings is 1. The molecule has 0 radical (unpaired) electrons. The minimum absolute atomic E-state index is 0. The van der Waals surface area contributed by atoms with Crippen LogP contribution >= 0.6 is 12.4 Å². The monoisotopic (exact) mass is 310 g/mol. The molecule has 114 valence electrons. The zero-order chi connectivity index (χ0) is 13.9. The van der Waals surface area contributed by atoms with Crippen molar-refractivity contribution in [3.63, 3.8) is 0 Å². The van der Waals surface area contributed by atoms with Crippen molar-refractivity contribution < 1.29 is 17.9 Å². The van der Waals surface area contributed by atoms with E-state index in [1.54, 1.807) is 12.1 Å². The van der Waals surface area contributed by atoms with Gasteiger partial charge in [-0.15, -0.1) is 12.4 Å². The average molecular weight is 311 g/mol. The Morgan fingerprint density at radius 1 is 1.15 bits per heavy atom. The van der Waals surface area contributed by atoms with E-state index in [2.05, 4.69) is 5.32 Å². The van der Waals surface area contributed by atoms with Gasteiger partial charge in [0.2, 0.25) is 0 Å². The third-order valence-electron chi connectivity index (χ3n) is 3.26. The van der Waals surface area contributed by atoms with Gasteiger partial charge in [0.05, 0.1) is 7.11 Å². The second kappa shape index (κ2) is 7.15. The second-order valence-corrected chi connectivity index (χ2v) is 4.50. The minimum Gasteiger partial charge on any atom is -0.497 e. The van der Waals surface area contributed by atoms with E-state index in [1.165, 1.54) is 24.1 Å². The summed E-state index contributed by atoms with van der Waals surface area (Å²) in [4.78, 5) is 1.47. The molecule has 1 saturated heterocycles. The van der Waals surface area contributed by atoms with Crippen molar-refractivity contribution >= 4 is 12.4 Å². The molecule has 0 aliphatic carbocycles. The fraction of sp³-hybridized carbons (Fsp3) is 0.538. The summed E-state index contributed by atoms with van der Waals surface area (Å²) in [6, 6.07) is 4.56. The van der Waals surface area contributed by atoms with Crippen molar-refractivity contribution in [3.05, 3.63) is 29.8 Å². The molecule has 1 fully saturated rings. The summed E-state index contributed by atoms with van der Waals surface area (Å²) in [5, 5.41) is 3.06. The topological polar surface area (TPSA) is 24.5 Å². The summed E-state index contributed by atoms with van der Waals surface area (Å²) in [6.07, 6.45) is -4.27. The number of piperazine rings is 1. The minimum atomic E-state index is -4.27. The molecular weight excluding hydrogens is 293 g/mol. The highest BCUT2D eigenvalue weighted by Crippen LogP contribution is 2.38. The Kier molecular flexibility index (Phi) is 6.10. The number of nitrogens with zero attached hydrogens (tertiary/aromatic N) is 1. The van der Waals surface area contributed by atoms with E-state index in [0.717, 1.165) is 0 Å². The van der Waals surface area contributed by atoms with Gasteiger partial charge >= 0.3 is 6.18 Å². The van der Waals surface area contributed by atoms with E-state index in [4.69, 9.17) is 4.74 Å². The van der Waals surface area contributed by atoms with Gasteiger partial charge in [0, 0.05) is 26.2 Å². The highest BCUT2D eigenvalue weighted by Gasteiger charge is 2.44. The van der Waals surface area contributed by atoms with Crippen molar-refractivity contribution in [2.45, 2.75) is 12.2 Å². The fourth-order valence-corrected chi connectivity index (χ4v) is 2.33. The summed E-state index contributed by atoms with van der Waals surface area (Å²) < 4.78 is 44.8. The molecule has 1 aliphatic rings. The standard InChI is InChI=1S/C13H17F3N2O.ClH/c1-19-11-4-2-10(3-5-11)12(13(14,15)16)18-8-6-17-7-9-18;/h2-5,12,17H,6-9H2,1H3;1H/t12-;/m0./s1. The largest absolute Gasteiger partial charge is 0.497 e. The predicted molar refractivity (Wildman–Crippen MR) is 73.5 cm³/mol. The van der Waals surface area contributed by atoms with Crippen molar-refractivity contribution in [1.29, 1.82) is 0 Å². The molecule has 2 rings (SSSR count). The molecule has 0 saturated carbocycles. The molecule has 0 unspecified atom stereocenters. The zero-order valence-corrected chi connectivity index (χ0v) is 11.9. The van der Waals surface area contributed by atoms with Crippen LogP contribution in [0, 0.1) is 0 Å². The van der Waals surface area contributed by atoms with Gasteiger partial charge in [-0.05, 0) is 17.7 Å². The van der Waals surface area contributed by atoms with Crippen LogP contribution in [0.4, 0.5) is 13.2 Å². The summed E-state index contributed by atoms with van der Waals surface area (Å²) in [5.74, 6) is 0.560. The third-order valence-corrected chi connectivity index (χ3v) is 3.26. The molecule has 1 atom stereocenters. The number of hydrogen-bond acceptors (Lipinski definition) is 3. The number of hydrogen-bond donors (Lipinski definition) is 1. The number of ether oxygens (including phenoxy) is 1. The first-order chi connectivity index (χ1) is 9.02. The highest BCUT2D eigenvalue weighted by atomic mass is 35.5. The van der Waals surface area contributed by atoms with Gasteiger partial charge in [0.15, 0.2) is 0 Å². The Hall–Kier alpha value is -0.980. The number of nitrogens with one attached hydrogen (secondary N) is 1. The van der Waals surface area contributed by atoms with Gasteiger partial charge in [-0.2, -0.15) is 13.2 Å². The third kappa shape index (κ3) is 4.01. The lowest BCUT2D eigenvalue weighted by molar-refractivity contribution is -0.187. The van der Waals surface area contributed by atoms with Gasteiger partial charge in [-0.1, -0.05) is 12.1 Å². The maximum Gasteiger partial charge on any atom is 0.408 e. The predicted octanol–water partition coefficient (Wildman–Crippen LogP) is 2.63. The molecule has 7 heteroatoms. The van der Waals surface area contributed by atoms with Crippen molar-refractivity contribution in [2.24, 2.45) is 0 Å². The first-order valence-electron chi connectivity index (χ1n) is 6.18. The summed E-state index contributed by atoms with van der Waals surface area (Å²) in [7, 11) is 1.49. The summed E-state index contributed by atoms with van der Waals surface area (Å²) in [6.45, 7) is 1.97. The van der Waals surface area contributed by atoms with Crippen LogP contribution in [0.15, 0.2) is 24.3 Å². The maximum absolute atomic E-state index is 13.3. The van der Waals surface area contributed by atoms with Crippen LogP contribution in [0.1, 0.15) is 11.6 Å². The number of alkyl halides is 3. The lowest BCUT2D eigenvalue weighted by atomic mass is 10.0. The lowest BCUT2D eigenvalue weighted by Gasteiger charge is -2.36. The zero-order valence-electron chi connectivity index (χ0n) is 11.1. The molecule has 0 spiro atoms. The van der Waals surface area contributed by atoms with Gasteiger partial charge < -0.3 is 10.1 Å². The van der Waals surface area contributed by atoms with Crippen LogP contribution in [0.2, 0.25) is 0 Å². The molecule has 1 aromatic rings. The highest BCUT2D eigenvalue weighted by molar-refractivity contribution is 5.85. The van der Waals surface area contributed by atoms with Crippen LogP contribution in [0.5, 0.6) is 5.75 Å². The van der Waals surface area contributed by atoms with Gasteiger partial charge in [-0.3, -0.25) is 4.90 Å². The molecule has 3 nitrogen and oxygen atoms in total. The Balaban J connectivity index is 0.00000200. The first-order valence-corrected chi connectivity index (χ1v) is 6.18. The molecule has 0 bridgehead atoms. The molecule has 1 aromatic carbocycles. The number of rotatable bonds is 3. The first kappa shape index (κ1) is 17.1. The van der Waals surface area contributed by atoms with E-state index in [0.29, 0.717) is 31.9 Å². The summed E-state index contributed by atoms with van der Waals surface area (Å²) in [5.41, 5.74) is 0.259. The van der Waals surface area contributed by atoms with Crippen LogP contribution in [-0.4, -0.2) is 44.4 Å². The Labute approximate surface area is 122 Å². The van der Waals surface area contributed by atoms with Gasteiger partial charge in [0.1, 0.15) is 11.8 Å². The fourth-order valence-electron chi connectivity index (χ4n) is 2.33. The lowest BCUT2D eigenvalue weighted by Crippen LogP contribution is -2.49. The smallest absolute Gasteiger partial charge is 0.408 e. The van der Waals surface area contributed by atoms with Crippen LogP contribution in [0.3, 0.4) is 0 Å².